The van der Waals surface area contributed by atoms with Gasteiger partial charge < -0.3 is 15.7 Å². The number of hydrogen-bond donors (Lipinski definition) is 3. The molecule has 2 unspecified atom stereocenters. The lowest BCUT2D eigenvalue weighted by Gasteiger charge is -2.17. The van der Waals surface area contributed by atoms with E-state index in [1.807, 2.05) is 13.8 Å². The first-order chi connectivity index (χ1) is 9.35. The van der Waals surface area contributed by atoms with Crippen molar-refractivity contribution in [2.75, 3.05) is 6.54 Å². The highest BCUT2D eigenvalue weighted by Gasteiger charge is 2.13. The molecule has 5 heteroatoms. The second-order valence-corrected chi connectivity index (χ2v) is 5.95. The molecule has 0 rings (SSSR count). The van der Waals surface area contributed by atoms with Crippen LogP contribution in [0.15, 0.2) is 0 Å². The zero-order valence-electron chi connectivity index (χ0n) is 13.2. The van der Waals surface area contributed by atoms with Crippen LogP contribution in [0.25, 0.3) is 0 Å². The Morgan fingerprint density at radius 1 is 1.15 bits per heavy atom. The van der Waals surface area contributed by atoms with Crippen molar-refractivity contribution in [2.45, 2.75) is 65.8 Å². The Balaban J connectivity index is 3.83. The van der Waals surface area contributed by atoms with Crippen molar-refractivity contribution in [3.63, 3.8) is 0 Å². The van der Waals surface area contributed by atoms with E-state index in [-0.39, 0.29) is 24.4 Å². The van der Waals surface area contributed by atoms with Crippen LogP contribution in [-0.2, 0) is 4.79 Å². The Bertz CT molecular complexity index is 293. The summed E-state index contributed by atoms with van der Waals surface area (Å²) in [6.07, 6.45) is 4.09. The fourth-order valence-electron chi connectivity index (χ4n) is 2.02. The molecule has 0 saturated heterocycles. The van der Waals surface area contributed by atoms with Crippen molar-refractivity contribution >= 4 is 12.0 Å². The van der Waals surface area contributed by atoms with Crippen LogP contribution < -0.4 is 10.6 Å². The molecule has 0 aromatic carbocycles. The Kier molecular flexibility index (Phi) is 9.86. The number of hydrogen-bond acceptors (Lipinski definition) is 2. The van der Waals surface area contributed by atoms with Crippen LogP contribution in [0.1, 0.15) is 59.8 Å². The lowest BCUT2D eigenvalue weighted by Crippen LogP contribution is -2.42. The highest BCUT2D eigenvalue weighted by molar-refractivity contribution is 5.74. The number of carbonyl (C=O) groups excluding carboxylic acids is 1. The Morgan fingerprint density at radius 2 is 1.80 bits per heavy atom. The van der Waals surface area contributed by atoms with E-state index in [0.29, 0.717) is 12.5 Å². The van der Waals surface area contributed by atoms with Gasteiger partial charge in [0.1, 0.15) is 0 Å². The van der Waals surface area contributed by atoms with Crippen molar-refractivity contribution in [1.29, 1.82) is 0 Å². The molecule has 118 valence electrons. The quantitative estimate of drug-likeness (QED) is 0.577. The van der Waals surface area contributed by atoms with Gasteiger partial charge >= 0.3 is 12.0 Å². The molecule has 0 aromatic heterocycles. The summed E-state index contributed by atoms with van der Waals surface area (Å²) in [5.74, 6) is -0.132. The minimum Gasteiger partial charge on any atom is -0.481 e. The molecule has 0 bridgehead atoms. The summed E-state index contributed by atoms with van der Waals surface area (Å²) in [7, 11) is 0. The average Bonchev–Trinajstić information content (AvgIpc) is 2.33. The molecule has 0 heterocycles. The van der Waals surface area contributed by atoms with Crippen LogP contribution in [0.4, 0.5) is 4.79 Å². The molecular weight excluding hydrogens is 256 g/mol. The first-order valence-electron chi connectivity index (χ1n) is 7.61. The van der Waals surface area contributed by atoms with Crippen molar-refractivity contribution in [1.82, 2.24) is 10.6 Å². The number of amides is 2. The van der Waals surface area contributed by atoms with Crippen LogP contribution in [0, 0.1) is 11.8 Å². The molecule has 0 aliphatic heterocycles. The number of carboxylic acids is 1. The van der Waals surface area contributed by atoms with E-state index in [0.717, 1.165) is 19.3 Å². The van der Waals surface area contributed by atoms with Crippen LogP contribution in [-0.4, -0.2) is 29.7 Å². The normalized spacial score (nSPS) is 13.8. The SMILES string of the molecule is CCC(CNC(=O)NC(C)CCCC(C)C)CC(=O)O. The van der Waals surface area contributed by atoms with Crippen molar-refractivity contribution in [2.24, 2.45) is 11.8 Å². The van der Waals surface area contributed by atoms with Gasteiger partial charge in [0.2, 0.25) is 0 Å². The van der Waals surface area contributed by atoms with Gasteiger partial charge in [-0.15, -0.1) is 0 Å². The summed E-state index contributed by atoms with van der Waals surface area (Å²) in [6, 6.07) is -0.0563. The topological polar surface area (TPSA) is 78.4 Å². The highest BCUT2D eigenvalue weighted by atomic mass is 16.4. The molecule has 0 aromatic rings. The van der Waals surface area contributed by atoms with Gasteiger partial charge in [-0.25, -0.2) is 4.79 Å². The van der Waals surface area contributed by atoms with Crippen molar-refractivity contribution in [3.8, 4) is 0 Å². The Hall–Kier alpha value is -1.26. The minimum atomic E-state index is -0.818. The Labute approximate surface area is 122 Å². The summed E-state index contributed by atoms with van der Waals surface area (Å²) in [6.45, 7) is 8.72. The molecule has 0 aliphatic carbocycles. The number of aliphatic carboxylic acids is 1. The zero-order valence-corrected chi connectivity index (χ0v) is 13.2. The summed E-state index contributed by atoms with van der Waals surface area (Å²) in [5.41, 5.74) is 0. The smallest absolute Gasteiger partial charge is 0.315 e. The predicted molar refractivity (Wildman–Crippen MR) is 80.7 cm³/mol. The predicted octanol–water partition coefficient (Wildman–Crippen LogP) is 3.00. The lowest BCUT2D eigenvalue weighted by molar-refractivity contribution is -0.138. The number of carboxylic acid groups (broad SMARTS) is 1. The maximum absolute atomic E-state index is 11.7. The van der Waals surface area contributed by atoms with Gasteiger partial charge in [0.05, 0.1) is 0 Å². The van der Waals surface area contributed by atoms with E-state index < -0.39 is 5.97 Å². The molecule has 3 N–H and O–H groups in total. The second-order valence-electron chi connectivity index (χ2n) is 5.95. The number of urea groups is 1. The number of carbonyl (C=O) groups is 2. The van der Waals surface area contributed by atoms with Crippen LogP contribution in [0.2, 0.25) is 0 Å². The van der Waals surface area contributed by atoms with Gasteiger partial charge in [-0.3, -0.25) is 4.79 Å². The summed E-state index contributed by atoms with van der Waals surface area (Å²) in [5, 5.41) is 14.4. The van der Waals surface area contributed by atoms with Crippen LogP contribution in [0.3, 0.4) is 0 Å². The van der Waals surface area contributed by atoms with Crippen LogP contribution >= 0.6 is 0 Å². The summed E-state index contributed by atoms with van der Waals surface area (Å²) >= 11 is 0. The monoisotopic (exact) mass is 286 g/mol. The van der Waals surface area contributed by atoms with Gasteiger partial charge in [-0.1, -0.05) is 40.0 Å². The highest BCUT2D eigenvalue weighted by Crippen LogP contribution is 2.08. The van der Waals surface area contributed by atoms with E-state index in [2.05, 4.69) is 24.5 Å². The van der Waals surface area contributed by atoms with Gasteiger partial charge in [-0.05, 0) is 25.2 Å². The van der Waals surface area contributed by atoms with E-state index >= 15 is 0 Å². The molecule has 5 nitrogen and oxygen atoms in total. The van der Waals surface area contributed by atoms with E-state index in [4.69, 9.17) is 5.11 Å². The molecule has 0 aliphatic rings. The zero-order chi connectivity index (χ0) is 15.5. The van der Waals surface area contributed by atoms with Gasteiger partial charge in [0.15, 0.2) is 0 Å². The van der Waals surface area contributed by atoms with Gasteiger partial charge in [0, 0.05) is 19.0 Å². The fourth-order valence-corrected chi connectivity index (χ4v) is 2.02. The first-order valence-corrected chi connectivity index (χ1v) is 7.61. The van der Waals surface area contributed by atoms with Crippen molar-refractivity contribution < 1.29 is 14.7 Å². The third kappa shape index (κ3) is 10.6. The number of nitrogens with one attached hydrogen (secondary N) is 2. The standard InChI is InChI=1S/C15H30N2O3/c1-5-13(9-14(18)19)10-16-15(20)17-12(4)8-6-7-11(2)3/h11-13H,5-10H2,1-4H3,(H,18,19)(H2,16,17,20). The van der Waals surface area contributed by atoms with E-state index in [1.54, 1.807) is 0 Å². The largest absolute Gasteiger partial charge is 0.481 e. The number of rotatable bonds is 10. The lowest BCUT2D eigenvalue weighted by atomic mass is 10.0. The molecule has 2 atom stereocenters. The molecule has 20 heavy (non-hydrogen) atoms. The molecular formula is C15H30N2O3. The van der Waals surface area contributed by atoms with E-state index in [1.165, 1.54) is 6.42 Å². The van der Waals surface area contributed by atoms with E-state index in [9.17, 15) is 9.59 Å². The third-order valence-corrected chi connectivity index (χ3v) is 3.39. The Morgan fingerprint density at radius 3 is 2.30 bits per heavy atom. The summed E-state index contributed by atoms with van der Waals surface area (Å²) < 4.78 is 0. The summed E-state index contributed by atoms with van der Waals surface area (Å²) in [4.78, 5) is 22.3. The molecule has 2 amide bonds. The van der Waals surface area contributed by atoms with Gasteiger partial charge in [0.25, 0.3) is 0 Å². The van der Waals surface area contributed by atoms with Crippen molar-refractivity contribution in [3.05, 3.63) is 0 Å². The minimum absolute atomic E-state index is 0.00510. The second kappa shape index (κ2) is 10.5. The third-order valence-electron chi connectivity index (χ3n) is 3.39. The maximum atomic E-state index is 11.7. The molecule has 0 spiro atoms. The molecule has 0 saturated carbocycles. The maximum Gasteiger partial charge on any atom is 0.315 e. The van der Waals surface area contributed by atoms with Crippen LogP contribution in [0.5, 0.6) is 0 Å². The molecule has 0 radical (unpaired) electrons. The van der Waals surface area contributed by atoms with Gasteiger partial charge in [-0.2, -0.15) is 0 Å². The average molecular weight is 286 g/mol. The molecule has 0 fully saturated rings. The fraction of sp³-hybridized carbons (Fsp3) is 0.867. The first kappa shape index (κ1) is 18.7.